The van der Waals surface area contributed by atoms with Crippen LogP contribution < -0.4 is 5.32 Å². The molecule has 0 aliphatic rings. The Hall–Kier alpha value is -2.18. The van der Waals surface area contributed by atoms with Crippen molar-refractivity contribution < 1.29 is 13.9 Å². The van der Waals surface area contributed by atoms with Gasteiger partial charge in [0.1, 0.15) is 6.26 Å². The Kier molecular flexibility index (Phi) is 8.62. The zero-order chi connectivity index (χ0) is 22.3. The summed E-state index contributed by atoms with van der Waals surface area (Å²) in [5, 5.41) is 2.76. The van der Waals surface area contributed by atoms with Crippen molar-refractivity contribution in [1.82, 2.24) is 15.2 Å². The van der Waals surface area contributed by atoms with Crippen LogP contribution in [0.3, 0.4) is 0 Å². The van der Waals surface area contributed by atoms with E-state index in [4.69, 9.17) is 9.15 Å². The number of methoxy groups -OCH3 is 1. The fourth-order valence-corrected chi connectivity index (χ4v) is 3.13. The first-order chi connectivity index (χ1) is 14.1. The second kappa shape index (κ2) is 10.7. The Morgan fingerprint density at radius 3 is 2.40 bits per heavy atom. The number of nitrogens with one attached hydrogen (secondary N) is 1. The first-order valence-corrected chi connectivity index (χ1v) is 10.7. The van der Waals surface area contributed by atoms with Crippen molar-refractivity contribution in [2.45, 2.75) is 66.1 Å². The molecule has 2 rings (SSSR count). The second-order valence-corrected chi connectivity index (χ2v) is 9.21. The Labute approximate surface area is 181 Å². The average Bonchev–Trinajstić information content (AvgIpc) is 3.15. The van der Waals surface area contributed by atoms with Crippen LogP contribution in [0.5, 0.6) is 0 Å². The molecule has 0 aliphatic heterocycles. The molecule has 6 nitrogen and oxygen atoms in total. The van der Waals surface area contributed by atoms with E-state index in [1.807, 2.05) is 0 Å². The van der Waals surface area contributed by atoms with E-state index < -0.39 is 0 Å². The number of nitrogens with zero attached hydrogens (tertiary/aromatic N) is 2. The van der Waals surface area contributed by atoms with Crippen molar-refractivity contribution in [3.8, 4) is 0 Å². The molecule has 0 fully saturated rings. The Morgan fingerprint density at radius 1 is 1.17 bits per heavy atom. The van der Waals surface area contributed by atoms with Crippen LogP contribution in [0.2, 0.25) is 0 Å². The highest BCUT2D eigenvalue weighted by molar-refractivity contribution is 5.91. The maximum absolute atomic E-state index is 12.2. The molecule has 6 heteroatoms. The summed E-state index contributed by atoms with van der Waals surface area (Å²) in [5.74, 6) is 0.777. The molecular weight excluding hydrogens is 378 g/mol. The molecule has 0 aliphatic carbocycles. The molecule has 2 aromatic rings. The number of hydrogen-bond donors (Lipinski definition) is 1. The minimum Gasteiger partial charge on any atom is -0.447 e. The predicted molar refractivity (Wildman–Crippen MR) is 119 cm³/mol. The third-order valence-electron chi connectivity index (χ3n) is 5.46. The fraction of sp³-hybridized carbons (Fsp3) is 0.583. The van der Waals surface area contributed by atoms with Crippen LogP contribution in [-0.2, 0) is 23.2 Å². The van der Waals surface area contributed by atoms with Gasteiger partial charge in [0.25, 0.3) is 5.91 Å². The first-order valence-electron chi connectivity index (χ1n) is 10.7. The minimum absolute atomic E-state index is 0.141. The lowest BCUT2D eigenvalue weighted by Crippen LogP contribution is -2.36. The molecule has 0 saturated carbocycles. The average molecular weight is 416 g/mol. The van der Waals surface area contributed by atoms with Crippen molar-refractivity contribution in [3.05, 3.63) is 53.2 Å². The molecule has 1 aromatic carbocycles. The summed E-state index contributed by atoms with van der Waals surface area (Å²) < 4.78 is 10.6. The van der Waals surface area contributed by atoms with Gasteiger partial charge >= 0.3 is 0 Å². The topological polar surface area (TPSA) is 67.6 Å². The van der Waals surface area contributed by atoms with Gasteiger partial charge in [-0.05, 0) is 29.4 Å². The zero-order valence-corrected chi connectivity index (χ0v) is 19.5. The third kappa shape index (κ3) is 6.96. The van der Waals surface area contributed by atoms with E-state index in [0.717, 1.165) is 6.54 Å². The fourth-order valence-electron chi connectivity index (χ4n) is 3.13. The number of aromatic nitrogens is 1. The van der Waals surface area contributed by atoms with E-state index in [1.54, 1.807) is 7.11 Å². The standard InChI is InChI=1S/C24H37N3O3/c1-17(2)18(3)27(14-19-8-10-20(11-9-19)24(4,5)6)15-22-26-21(16-30-22)23(28)25-12-13-29-7/h8-11,16-18H,12-15H2,1-7H3,(H,25,28). The van der Waals surface area contributed by atoms with Gasteiger partial charge in [-0.2, -0.15) is 0 Å². The van der Waals surface area contributed by atoms with Gasteiger partial charge in [0.15, 0.2) is 5.69 Å². The summed E-state index contributed by atoms with van der Waals surface area (Å²) in [7, 11) is 1.60. The number of amides is 1. The van der Waals surface area contributed by atoms with E-state index in [1.165, 1.54) is 17.4 Å². The maximum atomic E-state index is 12.2. The number of ether oxygens (including phenoxy) is 1. The molecular formula is C24H37N3O3. The quantitative estimate of drug-likeness (QED) is 0.583. The van der Waals surface area contributed by atoms with Crippen molar-refractivity contribution in [2.24, 2.45) is 5.92 Å². The number of carbonyl (C=O) groups is 1. The summed E-state index contributed by atoms with van der Waals surface area (Å²) in [4.78, 5) is 18.9. The van der Waals surface area contributed by atoms with Crippen LogP contribution in [0.4, 0.5) is 0 Å². The van der Waals surface area contributed by atoms with E-state index >= 15 is 0 Å². The van der Waals surface area contributed by atoms with Crippen LogP contribution in [0.15, 0.2) is 34.9 Å². The van der Waals surface area contributed by atoms with Crippen LogP contribution >= 0.6 is 0 Å². The zero-order valence-electron chi connectivity index (χ0n) is 19.5. The predicted octanol–water partition coefficient (Wildman–Crippen LogP) is 4.40. The highest BCUT2D eigenvalue weighted by Gasteiger charge is 2.21. The van der Waals surface area contributed by atoms with E-state index in [9.17, 15) is 4.79 Å². The third-order valence-corrected chi connectivity index (χ3v) is 5.46. The van der Waals surface area contributed by atoms with Crippen molar-refractivity contribution >= 4 is 5.91 Å². The molecule has 1 aromatic heterocycles. The molecule has 1 amide bonds. The Bertz CT molecular complexity index is 791. The van der Waals surface area contributed by atoms with E-state index in [0.29, 0.717) is 43.2 Å². The summed E-state index contributed by atoms with van der Waals surface area (Å²) in [5.41, 5.74) is 3.01. The van der Waals surface area contributed by atoms with Crippen LogP contribution in [-0.4, -0.2) is 42.1 Å². The van der Waals surface area contributed by atoms with Crippen LogP contribution in [0, 0.1) is 5.92 Å². The SMILES string of the molecule is COCCNC(=O)c1coc(CN(Cc2ccc(C(C)(C)C)cc2)C(C)C(C)C)n1. The molecule has 1 N–H and O–H groups in total. The number of hydrogen-bond acceptors (Lipinski definition) is 5. The summed E-state index contributed by atoms with van der Waals surface area (Å²) >= 11 is 0. The molecule has 1 unspecified atom stereocenters. The molecule has 1 atom stereocenters. The minimum atomic E-state index is -0.247. The molecule has 166 valence electrons. The molecule has 30 heavy (non-hydrogen) atoms. The summed E-state index contributed by atoms with van der Waals surface area (Å²) in [6, 6.07) is 9.15. The van der Waals surface area contributed by atoms with Gasteiger partial charge in [-0.15, -0.1) is 0 Å². The molecule has 0 spiro atoms. The Morgan fingerprint density at radius 2 is 1.83 bits per heavy atom. The van der Waals surface area contributed by atoms with Gasteiger partial charge in [0.2, 0.25) is 5.89 Å². The number of oxazole rings is 1. The normalized spacial score (nSPS) is 13.1. The van der Waals surface area contributed by atoms with Crippen molar-refractivity contribution in [2.75, 3.05) is 20.3 Å². The van der Waals surface area contributed by atoms with Crippen molar-refractivity contribution in [1.29, 1.82) is 0 Å². The van der Waals surface area contributed by atoms with E-state index in [-0.39, 0.29) is 11.3 Å². The monoisotopic (exact) mass is 415 g/mol. The highest BCUT2D eigenvalue weighted by atomic mass is 16.5. The van der Waals surface area contributed by atoms with Gasteiger partial charge in [-0.3, -0.25) is 9.69 Å². The Balaban J connectivity index is 2.10. The van der Waals surface area contributed by atoms with Gasteiger partial charge < -0.3 is 14.5 Å². The summed E-state index contributed by atoms with van der Waals surface area (Å²) in [6.45, 7) is 15.6. The number of carbonyl (C=O) groups excluding carboxylic acids is 1. The van der Waals surface area contributed by atoms with Crippen molar-refractivity contribution in [3.63, 3.8) is 0 Å². The summed E-state index contributed by atoms with van der Waals surface area (Å²) in [6.07, 6.45) is 1.42. The molecule has 0 radical (unpaired) electrons. The lowest BCUT2D eigenvalue weighted by molar-refractivity contribution is 0.0932. The molecule has 0 saturated heterocycles. The van der Waals surface area contributed by atoms with Crippen LogP contribution in [0.1, 0.15) is 69.0 Å². The largest absolute Gasteiger partial charge is 0.447 e. The highest BCUT2D eigenvalue weighted by Crippen LogP contribution is 2.24. The number of benzene rings is 1. The lowest BCUT2D eigenvalue weighted by atomic mass is 9.86. The van der Waals surface area contributed by atoms with Gasteiger partial charge in [-0.25, -0.2) is 4.98 Å². The van der Waals surface area contributed by atoms with Gasteiger partial charge in [0.05, 0.1) is 13.2 Å². The number of rotatable bonds is 10. The van der Waals surface area contributed by atoms with Gasteiger partial charge in [-0.1, -0.05) is 58.9 Å². The first kappa shape index (κ1) is 24.1. The van der Waals surface area contributed by atoms with E-state index in [2.05, 4.69) is 81.0 Å². The smallest absolute Gasteiger partial charge is 0.273 e. The molecule has 0 bridgehead atoms. The maximum Gasteiger partial charge on any atom is 0.273 e. The van der Waals surface area contributed by atoms with Crippen LogP contribution in [0.25, 0.3) is 0 Å². The molecule has 1 heterocycles. The lowest BCUT2D eigenvalue weighted by Gasteiger charge is -2.31. The second-order valence-electron chi connectivity index (χ2n) is 9.21. The van der Waals surface area contributed by atoms with Gasteiger partial charge in [0, 0.05) is 26.2 Å².